The summed E-state index contributed by atoms with van der Waals surface area (Å²) < 4.78 is 27.0. The molecule has 2 unspecified atom stereocenters. The van der Waals surface area contributed by atoms with Crippen LogP contribution in [-0.4, -0.2) is 47.6 Å². The Morgan fingerprint density at radius 2 is 1.79 bits per heavy atom. The van der Waals surface area contributed by atoms with Gasteiger partial charge in [0.1, 0.15) is 11.6 Å². The number of nitrogens with one attached hydrogen (secondary N) is 2. The summed E-state index contributed by atoms with van der Waals surface area (Å²) in [7, 11) is 0. The maximum absolute atomic E-state index is 13.5. The average molecular weight is 393 g/mol. The van der Waals surface area contributed by atoms with Gasteiger partial charge in [-0.25, -0.2) is 14.3 Å². The Morgan fingerprint density at radius 3 is 2.36 bits per heavy atom. The van der Waals surface area contributed by atoms with E-state index in [1.54, 1.807) is 10.4 Å². The van der Waals surface area contributed by atoms with E-state index in [1.165, 1.54) is 12.1 Å². The first-order valence-electron chi connectivity index (χ1n) is 9.83. The van der Waals surface area contributed by atoms with Gasteiger partial charge in [-0.1, -0.05) is 0 Å². The van der Waals surface area contributed by atoms with Gasteiger partial charge in [0.05, 0.1) is 12.0 Å². The second kappa shape index (κ2) is 7.40. The largest absolute Gasteiger partial charge is 0.341 e. The van der Waals surface area contributed by atoms with Crippen molar-refractivity contribution in [3.63, 3.8) is 0 Å². The van der Waals surface area contributed by atoms with E-state index in [1.807, 2.05) is 0 Å². The van der Waals surface area contributed by atoms with Gasteiger partial charge in [0, 0.05) is 25.7 Å². The van der Waals surface area contributed by atoms with E-state index in [0.29, 0.717) is 44.5 Å². The minimum Gasteiger partial charge on any atom is -0.341 e. The molecule has 152 valence electrons. The molecule has 6 nitrogen and oxygen atoms in total. The fourth-order valence-electron chi connectivity index (χ4n) is 4.71. The Bertz CT molecular complexity index is 756. The molecule has 2 amide bonds. The summed E-state index contributed by atoms with van der Waals surface area (Å²) >= 11 is 0. The SMILES string of the molecule is O=C(NO)C1CC2(CC2)CNC1C(=O)N1CCC(c2cc(F)cc(F)c2)CC1. The molecule has 1 saturated carbocycles. The molecule has 1 aliphatic carbocycles. The zero-order valence-electron chi connectivity index (χ0n) is 15.6. The molecule has 1 spiro atoms. The predicted molar refractivity (Wildman–Crippen MR) is 96.4 cm³/mol. The van der Waals surface area contributed by atoms with E-state index in [-0.39, 0.29) is 17.2 Å². The number of hydrogen-bond donors (Lipinski definition) is 3. The standard InChI is InChI=1S/C20H25F2N3O3/c21-14-7-13(8-15(22)9-14)12-1-5-25(6-2-12)19(27)17-16(18(26)24-28)10-20(3-4-20)11-23-17/h7-9,12,16-17,23,28H,1-6,10-11H2,(H,24,26). The molecule has 1 aromatic rings. The molecule has 1 aromatic carbocycles. The molecular formula is C20H25F2N3O3. The molecule has 0 aromatic heterocycles. The van der Waals surface area contributed by atoms with E-state index in [0.717, 1.165) is 18.9 Å². The lowest BCUT2D eigenvalue weighted by Crippen LogP contribution is -2.59. The summed E-state index contributed by atoms with van der Waals surface area (Å²) in [5, 5.41) is 12.3. The van der Waals surface area contributed by atoms with Gasteiger partial charge in [-0.05, 0) is 61.1 Å². The third kappa shape index (κ3) is 3.75. The van der Waals surface area contributed by atoms with Crippen LogP contribution in [0.15, 0.2) is 18.2 Å². The van der Waals surface area contributed by atoms with Crippen molar-refractivity contribution in [2.24, 2.45) is 11.3 Å². The Morgan fingerprint density at radius 1 is 1.14 bits per heavy atom. The fraction of sp³-hybridized carbons (Fsp3) is 0.600. The number of benzene rings is 1. The molecule has 8 heteroatoms. The lowest BCUT2D eigenvalue weighted by Gasteiger charge is -2.40. The van der Waals surface area contributed by atoms with Crippen molar-refractivity contribution >= 4 is 11.8 Å². The zero-order valence-corrected chi connectivity index (χ0v) is 15.6. The van der Waals surface area contributed by atoms with Gasteiger partial charge < -0.3 is 10.2 Å². The minimum absolute atomic E-state index is 0.000152. The second-order valence-corrected chi connectivity index (χ2v) is 8.45. The highest BCUT2D eigenvalue weighted by Gasteiger charge is 2.52. The number of piperidine rings is 2. The number of rotatable bonds is 3. The number of carbonyl (C=O) groups excluding carboxylic acids is 2. The summed E-state index contributed by atoms with van der Waals surface area (Å²) in [6.45, 7) is 1.65. The first kappa shape index (κ1) is 19.3. The van der Waals surface area contributed by atoms with E-state index in [4.69, 9.17) is 5.21 Å². The third-order valence-corrected chi connectivity index (χ3v) is 6.59. The molecule has 2 aliphatic heterocycles. The summed E-state index contributed by atoms with van der Waals surface area (Å²) in [5.74, 6) is -2.45. The molecule has 28 heavy (non-hydrogen) atoms. The van der Waals surface area contributed by atoms with E-state index < -0.39 is 29.5 Å². The van der Waals surface area contributed by atoms with Crippen molar-refractivity contribution in [3.8, 4) is 0 Å². The van der Waals surface area contributed by atoms with Crippen LogP contribution in [0, 0.1) is 23.0 Å². The molecular weight excluding hydrogens is 368 g/mol. The van der Waals surface area contributed by atoms with Crippen molar-refractivity contribution in [1.82, 2.24) is 15.7 Å². The first-order chi connectivity index (χ1) is 13.4. The molecule has 0 radical (unpaired) electrons. The molecule has 3 N–H and O–H groups in total. The maximum atomic E-state index is 13.5. The highest BCUT2D eigenvalue weighted by atomic mass is 19.1. The number of nitrogens with zero attached hydrogens (tertiary/aromatic N) is 1. The van der Waals surface area contributed by atoms with Gasteiger partial charge in [0.25, 0.3) is 0 Å². The zero-order chi connectivity index (χ0) is 19.9. The van der Waals surface area contributed by atoms with Crippen LogP contribution in [0.3, 0.4) is 0 Å². The predicted octanol–water partition coefficient (Wildman–Crippen LogP) is 1.93. The molecule has 3 aliphatic rings. The number of hydroxylamine groups is 1. The Kier molecular flexibility index (Phi) is 5.09. The molecule has 2 heterocycles. The number of halogens is 2. The fourth-order valence-corrected chi connectivity index (χ4v) is 4.71. The van der Waals surface area contributed by atoms with E-state index in [9.17, 15) is 18.4 Å². The maximum Gasteiger partial charge on any atom is 0.248 e. The van der Waals surface area contributed by atoms with E-state index in [2.05, 4.69) is 5.32 Å². The second-order valence-electron chi connectivity index (χ2n) is 8.45. The normalized spacial score (nSPS) is 26.9. The summed E-state index contributed by atoms with van der Waals surface area (Å²) in [6.07, 6.45) is 3.89. The minimum atomic E-state index is -0.651. The first-order valence-corrected chi connectivity index (χ1v) is 9.83. The van der Waals surface area contributed by atoms with Crippen molar-refractivity contribution in [1.29, 1.82) is 0 Å². The Hall–Kier alpha value is -2.06. The summed E-state index contributed by atoms with van der Waals surface area (Å²) in [4.78, 5) is 26.9. The van der Waals surface area contributed by atoms with Crippen LogP contribution in [0.25, 0.3) is 0 Å². The van der Waals surface area contributed by atoms with Gasteiger partial charge in [0.2, 0.25) is 11.8 Å². The highest BCUT2D eigenvalue weighted by molar-refractivity contribution is 5.90. The molecule has 2 saturated heterocycles. The summed E-state index contributed by atoms with van der Waals surface area (Å²) in [5.41, 5.74) is 2.41. The topological polar surface area (TPSA) is 81.7 Å². The van der Waals surface area contributed by atoms with Crippen molar-refractivity contribution in [2.75, 3.05) is 19.6 Å². The van der Waals surface area contributed by atoms with Crippen molar-refractivity contribution in [3.05, 3.63) is 35.4 Å². The van der Waals surface area contributed by atoms with Crippen LogP contribution < -0.4 is 10.8 Å². The van der Waals surface area contributed by atoms with Crippen molar-refractivity contribution in [2.45, 2.75) is 44.1 Å². The smallest absolute Gasteiger partial charge is 0.248 e. The molecule has 2 atom stereocenters. The summed E-state index contributed by atoms with van der Waals surface area (Å²) in [6, 6.07) is 2.91. The number of likely N-dealkylation sites (tertiary alicyclic amines) is 1. The third-order valence-electron chi connectivity index (χ3n) is 6.59. The molecule has 0 bridgehead atoms. The molecule has 3 fully saturated rings. The van der Waals surface area contributed by atoms with E-state index >= 15 is 0 Å². The van der Waals surface area contributed by atoms with Crippen LogP contribution >= 0.6 is 0 Å². The quantitative estimate of drug-likeness (QED) is 0.542. The number of amides is 2. The number of carbonyl (C=O) groups is 2. The number of hydrogen-bond acceptors (Lipinski definition) is 4. The monoisotopic (exact) mass is 393 g/mol. The van der Waals surface area contributed by atoms with Crippen LogP contribution in [0.4, 0.5) is 8.78 Å². The highest BCUT2D eigenvalue weighted by Crippen LogP contribution is 2.52. The van der Waals surface area contributed by atoms with Gasteiger partial charge in [-0.2, -0.15) is 0 Å². The molecule has 4 rings (SSSR count). The lowest BCUT2D eigenvalue weighted by molar-refractivity contribution is -0.145. The lowest BCUT2D eigenvalue weighted by atomic mass is 9.81. The van der Waals surface area contributed by atoms with Crippen LogP contribution in [0.1, 0.15) is 43.6 Å². The van der Waals surface area contributed by atoms with Gasteiger partial charge in [-0.15, -0.1) is 0 Å². The van der Waals surface area contributed by atoms with Gasteiger partial charge in [0.15, 0.2) is 0 Å². The Labute approximate surface area is 162 Å². The van der Waals surface area contributed by atoms with Crippen molar-refractivity contribution < 1.29 is 23.6 Å². The van der Waals surface area contributed by atoms with Crippen LogP contribution in [0.2, 0.25) is 0 Å². The Balaban J connectivity index is 1.41. The van der Waals surface area contributed by atoms with Gasteiger partial charge >= 0.3 is 0 Å². The van der Waals surface area contributed by atoms with Crippen LogP contribution in [0.5, 0.6) is 0 Å². The van der Waals surface area contributed by atoms with Gasteiger partial charge in [-0.3, -0.25) is 14.8 Å². The van der Waals surface area contributed by atoms with Crippen LogP contribution in [-0.2, 0) is 9.59 Å². The average Bonchev–Trinajstić information content (AvgIpc) is 3.45.